The van der Waals surface area contributed by atoms with Gasteiger partial charge in [-0.1, -0.05) is 39.7 Å². The number of aryl methyl sites for hydroxylation is 1. The van der Waals surface area contributed by atoms with E-state index in [1.165, 1.54) is 6.07 Å². The minimum atomic E-state index is -0.270. The van der Waals surface area contributed by atoms with Gasteiger partial charge in [-0.15, -0.1) is 0 Å². The molecule has 106 valence electrons. The highest BCUT2D eigenvalue weighted by atomic mass is 79.9. The van der Waals surface area contributed by atoms with Gasteiger partial charge in [-0.2, -0.15) is 0 Å². The number of ether oxygens (including phenoxy) is 1. The smallest absolute Gasteiger partial charge is 0.127 e. The molecule has 0 aliphatic rings. The zero-order chi connectivity index (χ0) is 14.7. The van der Waals surface area contributed by atoms with E-state index in [-0.39, 0.29) is 10.6 Å². The summed E-state index contributed by atoms with van der Waals surface area (Å²) in [5.74, 6) is 0.544. The minimum absolute atomic E-state index is 0.00260. The average Bonchev–Trinajstić information content (AvgIpc) is 2.42. The summed E-state index contributed by atoms with van der Waals surface area (Å²) < 4.78 is 19.0. The molecular formula is C16H15BrClFO. The second-order valence-electron chi connectivity index (χ2n) is 4.59. The molecule has 2 aromatic rings. The van der Waals surface area contributed by atoms with Gasteiger partial charge in [0.2, 0.25) is 0 Å². The summed E-state index contributed by atoms with van der Waals surface area (Å²) in [5, 5.41) is 0.459. The van der Waals surface area contributed by atoms with E-state index in [1.54, 1.807) is 19.2 Å². The molecule has 0 fully saturated rings. The number of halogens is 3. The predicted octanol–water partition coefficient (Wildman–Crippen LogP) is 5.47. The van der Waals surface area contributed by atoms with Crippen molar-refractivity contribution in [1.82, 2.24) is 0 Å². The molecule has 0 bridgehead atoms. The fourth-order valence-electron chi connectivity index (χ4n) is 2.14. The van der Waals surface area contributed by atoms with Crippen molar-refractivity contribution in [2.24, 2.45) is 0 Å². The number of alkyl halides is 1. The molecule has 0 amide bonds. The summed E-state index contributed by atoms with van der Waals surface area (Å²) in [5.41, 5.74) is 2.73. The highest BCUT2D eigenvalue weighted by Crippen LogP contribution is 2.34. The first kappa shape index (κ1) is 15.3. The van der Waals surface area contributed by atoms with Crippen LogP contribution in [0.2, 0.25) is 5.02 Å². The first-order chi connectivity index (χ1) is 9.52. The van der Waals surface area contributed by atoms with Gasteiger partial charge in [0.25, 0.3) is 0 Å². The fraction of sp³-hybridized carbons (Fsp3) is 0.250. The predicted molar refractivity (Wildman–Crippen MR) is 84.5 cm³/mol. The van der Waals surface area contributed by atoms with Gasteiger partial charge in [0.15, 0.2) is 0 Å². The lowest BCUT2D eigenvalue weighted by atomic mass is 10.00. The topological polar surface area (TPSA) is 9.23 Å². The van der Waals surface area contributed by atoms with E-state index in [1.807, 2.05) is 25.1 Å². The van der Waals surface area contributed by atoms with Crippen molar-refractivity contribution in [2.45, 2.75) is 18.2 Å². The maximum atomic E-state index is 13.8. The molecule has 0 aliphatic carbocycles. The Morgan fingerprint density at radius 3 is 2.65 bits per heavy atom. The second-order valence-corrected chi connectivity index (χ2v) is 6.11. The van der Waals surface area contributed by atoms with E-state index in [0.717, 1.165) is 16.9 Å². The van der Waals surface area contributed by atoms with Gasteiger partial charge in [0, 0.05) is 15.4 Å². The van der Waals surface area contributed by atoms with Crippen LogP contribution in [0.15, 0.2) is 36.4 Å². The molecule has 2 rings (SSSR count). The first-order valence-corrected chi connectivity index (χ1v) is 7.53. The monoisotopic (exact) mass is 356 g/mol. The number of rotatable bonds is 4. The molecule has 1 atom stereocenters. The largest absolute Gasteiger partial charge is 0.497 e. The third-order valence-electron chi connectivity index (χ3n) is 3.26. The summed E-state index contributed by atoms with van der Waals surface area (Å²) in [6, 6.07) is 10.6. The number of benzene rings is 2. The summed E-state index contributed by atoms with van der Waals surface area (Å²) >= 11 is 9.69. The molecule has 0 spiro atoms. The van der Waals surface area contributed by atoms with Gasteiger partial charge in [0.1, 0.15) is 11.6 Å². The molecular weight excluding hydrogens is 343 g/mol. The fourth-order valence-corrected chi connectivity index (χ4v) is 3.22. The molecule has 4 heteroatoms. The van der Waals surface area contributed by atoms with Crippen LogP contribution in [0.4, 0.5) is 4.39 Å². The van der Waals surface area contributed by atoms with Gasteiger partial charge >= 0.3 is 0 Å². The van der Waals surface area contributed by atoms with Crippen LogP contribution < -0.4 is 4.74 Å². The third-order valence-corrected chi connectivity index (χ3v) is 4.43. The van der Waals surface area contributed by atoms with E-state index in [4.69, 9.17) is 16.3 Å². The standard InChI is InChI=1S/C16H15BrClFO/c1-10-8-11(20-2)6-7-12(10)14(17)9-13-15(18)4-3-5-16(13)19/h3-8,14H,9H2,1-2H3. The Morgan fingerprint density at radius 2 is 2.05 bits per heavy atom. The summed E-state index contributed by atoms with van der Waals surface area (Å²) in [6.45, 7) is 2.01. The molecule has 0 saturated carbocycles. The molecule has 1 unspecified atom stereocenters. The van der Waals surface area contributed by atoms with Crippen molar-refractivity contribution < 1.29 is 9.13 Å². The quantitative estimate of drug-likeness (QED) is 0.659. The van der Waals surface area contributed by atoms with E-state index in [2.05, 4.69) is 15.9 Å². The van der Waals surface area contributed by atoms with Crippen molar-refractivity contribution in [2.75, 3.05) is 7.11 Å². The lowest BCUT2D eigenvalue weighted by molar-refractivity contribution is 0.414. The molecule has 0 saturated heterocycles. The highest BCUT2D eigenvalue weighted by molar-refractivity contribution is 9.09. The first-order valence-electron chi connectivity index (χ1n) is 6.24. The molecule has 1 nitrogen and oxygen atoms in total. The van der Waals surface area contributed by atoms with Gasteiger partial charge in [-0.05, 0) is 48.7 Å². The Bertz CT molecular complexity index is 595. The van der Waals surface area contributed by atoms with Crippen LogP contribution >= 0.6 is 27.5 Å². The molecule has 0 aliphatic heterocycles. The van der Waals surface area contributed by atoms with Crippen LogP contribution in [0, 0.1) is 12.7 Å². The second kappa shape index (κ2) is 6.59. The third kappa shape index (κ3) is 3.33. The van der Waals surface area contributed by atoms with Crippen LogP contribution in [-0.4, -0.2) is 7.11 Å². The zero-order valence-corrected chi connectivity index (χ0v) is 13.6. The SMILES string of the molecule is COc1ccc(C(Br)Cc2c(F)cccc2Cl)c(C)c1. The van der Waals surface area contributed by atoms with Crippen LogP contribution in [0.5, 0.6) is 5.75 Å². The van der Waals surface area contributed by atoms with Crippen molar-refractivity contribution in [1.29, 1.82) is 0 Å². The van der Waals surface area contributed by atoms with Crippen molar-refractivity contribution in [3.05, 3.63) is 63.9 Å². The van der Waals surface area contributed by atoms with Crippen molar-refractivity contribution in [3.8, 4) is 5.75 Å². The maximum absolute atomic E-state index is 13.8. The molecule has 0 N–H and O–H groups in total. The number of methoxy groups -OCH3 is 1. The molecule has 20 heavy (non-hydrogen) atoms. The van der Waals surface area contributed by atoms with Gasteiger partial charge in [-0.25, -0.2) is 4.39 Å². The Hall–Kier alpha value is -1.06. The zero-order valence-electron chi connectivity index (χ0n) is 11.3. The summed E-state index contributed by atoms with van der Waals surface area (Å²) in [6.07, 6.45) is 0.499. The Balaban J connectivity index is 2.26. The van der Waals surface area contributed by atoms with E-state index in [0.29, 0.717) is 17.0 Å². The molecule has 0 aromatic heterocycles. The number of hydrogen-bond donors (Lipinski definition) is 0. The van der Waals surface area contributed by atoms with Gasteiger partial charge in [0.05, 0.1) is 7.11 Å². The molecule has 0 radical (unpaired) electrons. The Kier molecular flexibility index (Phi) is 5.06. The molecule has 0 heterocycles. The maximum Gasteiger partial charge on any atom is 0.127 e. The van der Waals surface area contributed by atoms with Crippen LogP contribution in [0.3, 0.4) is 0 Å². The van der Waals surface area contributed by atoms with Crippen LogP contribution in [-0.2, 0) is 6.42 Å². The van der Waals surface area contributed by atoms with E-state index in [9.17, 15) is 4.39 Å². The van der Waals surface area contributed by atoms with Crippen molar-refractivity contribution in [3.63, 3.8) is 0 Å². The molecule has 2 aromatic carbocycles. The van der Waals surface area contributed by atoms with Gasteiger partial charge in [-0.3, -0.25) is 0 Å². The lowest BCUT2D eigenvalue weighted by Gasteiger charge is -2.15. The lowest BCUT2D eigenvalue weighted by Crippen LogP contribution is -2.01. The van der Waals surface area contributed by atoms with Gasteiger partial charge < -0.3 is 4.74 Å². The number of hydrogen-bond acceptors (Lipinski definition) is 1. The van der Waals surface area contributed by atoms with E-state index < -0.39 is 0 Å². The summed E-state index contributed by atoms with van der Waals surface area (Å²) in [4.78, 5) is 0.00260. The van der Waals surface area contributed by atoms with Crippen LogP contribution in [0.25, 0.3) is 0 Å². The Morgan fingerprint density at radius 1 is 1.30 bits per heavy atom. The highest BCUT2D eigenvalue weighted by Gasteiger charge is 2.16. The van der Waals surface area contributed by atoms with E-state index >= 15 is 0 Å². The average molecular weight is 358 g/mol. The normalized spacial score (nSPS) is 12.2. The van der Waals surface area contributed by atoms with Crippen LogP contribution in [0.1, 0.15) is 21.5 Å². The minimum Gasteiger partial charge on any atom is -0.497 e. The van der Waals surface area contributed by atoms with Crippen molar-refractivity contribution >= 4 is 27.5 Å². The Labute approximate surface area is 131 Å². The summed E-state index contributed by atoms with van der Waals surface area (Å²) in [7, 11) is 1.64.